The third kappa shape index (κ3) is 2.89. The molecule has 1 aliphatic heterocycles. The van der Waals surface area contributed by atoms with Crippen molar-refractivity contribution in [1.29, 1.82) is 0 Å². The van der Waals surface area contributed by atoms with Gasteiger partial charge in [0.1, 0.15) is 4.90 Å². The molecule has 2 rings (SSSR count). The average Bonchev–Trinajstić information content (AvgIpc) is 2.78. The summed E-state index contributed by atoms with van der Waals surface area (Å²) in [5.74, 6) is 0. The molecule has 0 spiro atoms. The molecule has 1 aromatic heterocycles. The summed E-state index contributed by atoms with van der Waals surface area (Å²) >= 11 is 0. The zero-order valence-corrected chi connectivity index (χ0v) is 11.4. The minimum atomic E-state index is -3.48. The molecular formula is C10H18N4O3S. The van der Waals surface area contributed by atoms with Crippen molar-refractivity contribution < 1.29 is 13.2 Å². The zero-order valence-electron chi connectivity index (χ0n) is 10.5. The minimum absolute atomic E-state index is 0.102. The Labute approximate surface area is 107 Å². The number of morpholine rings is 1. The Morgan fingerprint density at radius 3 is 3.00 bits per heavy atom. The summed E-state index contributed by atoms with van der Waals surface area (Å²) in [6.45, 7) is 2.44. The molecule has 8 heteroatoms. The first-order valence-corrected chi connectivity index (χ1v) is 7.21. The van der Waals surface area contributed by atoms with Gasteiger partial charge in [0.05, 0.1) is 18.9 Å². The van der Waals surface area contributed by atoms with Gasteiger partial charge >= 0.3 is 0 Å². The number of nitrogens with one attached hydrogen (secondary N) is 1. The summed E-state index contributed by atoms with van der Waals surface area (Å²) in [7, 11) is -0.232. The molecule has 7 nitrogen and oxygen atoms in total. The lowest BCUT2D eigenvalue weighted by Gasteiger charge is -2.27. The molecule has 1 atom stereocenters. The van der Waals surface area contributed by atoms with E-state index in [0.717, 1.165) is 6.54 Å². The van der Waals surface area contributed by atoms with Gasteiger partial charge in [-0.1, -0.05) is 0 Å². The van der Waals surface area contributed by atoms with Crippen LogP contribution in [0.15, 0.2) is 17.3 Å². The number of aryl methyl sites for hydroxylation is 1. The van der Waals surface area contributed by atoms with Crippen molar-refractivity contribution in [3.05, 3.63) is 12.4 Å². The van der Waals surface area contributed by atoms with E-state index in [9.17, 15) is 8.42 Å². The van der Waals surface area contributed by atoms with Crippen molar-refractivity contribution in [3.8, 4) is 0 Å². The predicted octanol–water partition coefficient (Wildman–Crippen LogP) is -0.971. The maximum atomic E-state index is 12.2. The SMILES string of the molecule is CN(CC1CNCCO1)S(=O)(=O)c1cnn(C)c1. The molecule has 1 unspecified atom stereocenters. The third-order valence-electron chi connectivity index (χ3n) is 2.85. The van der Waals surface area contributed by atoms with E-state index >= 15 is 0 Å². The normalized spacial score (nSPS) is 21.4. The van der Waals surface area contributed by atoms with Crippen LogP contribution in [0.25, 0.3) is 0 Å². The van der Waals surface area contributed by atoms with E-state index in [1.54, 1.807) is 14.1 Å². The lowest BCUT2D eigenvalue weighted by molar-refractivity contribution is 0.0206. The highest BCUT2D eigenvalue weighted by atomic mass is 32.2. The third-order valence-corrected chi connectivity index (χ3v) is 4.63. The lowest BCUT2D eigenvalue weighted by Crippen LogP contribution is -2.45. The van der Waals surface area contributed by atoms with Gasteiger partial charge in [0.15, 0.2) is 0 Å². The highest BCUT2D eigenvalue weighted by Crippen LogP contribution is 2.13. The van der Waals surface area contributed by atoms with Crippen molar-refractivity contribution >= 4 is 10.0 Å². The zero-order chi connectivity index (χ0) is 13.2. The molecule has 1 saturated heterocycles. The van der Waals surface area contributed by atoms with Crippen molar-refractivity contribution in [2.45, 2.75) is 11.0 Å². The summed E-state index contributed by atoms with van der Waals surface area (Å²) < 4.78 is 32.7. The van der Waals surface area contributed by atoms with Gasteiger partial charge in [0.2, 0.25) is 10.0 Å². The number of rotatable bonds is 4. The first kappa shape index (κ1) is 13.5. The van der Waals surface area contributed by atoms with Crippen molar-refractivity contribution in [2.75, 3.05) is 33.3 Å². The first-order valence-electron chi connectivity index (χ1n) is 5.77. The molecule has 0 bridgehead atoms. The molecule has 0 aromatic carbocycles. The number of likely N-dealkylation sites (N-methyl/N-ethyl adjacent to an activating group) is 1. The molecule has 1 N–H and O–H groups in total. The van der Waals surface area contributed by atoms with Crippen molar-refractivity contribution in [1.82, 2.24) is 19.4 Å². The predicted molar refractivity (Wildman–Crippen MR) is 65.6 cm³/mol. The number of aromatic nitrogens is 2. The molecule has 102 valence electrons. The molecule has 0 saturated carbocycles. The second-order valence-electron chi connectivity index (χ2n) is 4.33. The number of nitrogens with zero attached hydrogens (tertiary/aromatic N) is 3. The fraction of sp³-hybridized carbons (Fsp3) is 0.700. The van der Waals surface area contributed by atoms with Gasteiger partial charge in [-0.25, -0.2) is 8.42 Å². The minimum Gasteiger partial charge on any atom is -0.374 e. The Bertz CT molecular complexity index is 493. The largest absolute Gasteiger partial charge is 0.374 e. The van der Waals surface area contributed by atoms with Crippen LogP contribution in [0.2, 0.25) is 0 Å². The molecule has 0 amide bonds. The molecule has 1 fully saturated rings. The van der Waals surface area contributed by atoms with Gasteiger partial charge in [-0.3, -0.25) is 4.68 Å². The van der Waals surface area contributed by atoms with E-state index in [-0.39, 0.29) is 11.0 Å². The second-order valence-corrected chi connectivity index (χ2v) is 6.38. The molecule has 1 aromatic rings. The van der Waals surface area contributed by atoms with Crippen LogP contribution in [-0.4, -0.2) is 61.9 Å². The maximum Gasteiger partial charge on any atom is 0.246 e. The van der Waals surface area contributed by atoms with Crippen LogP contribution in [-0.2, 0) is 21.8 Å². The number of ether oxygens (including phenoxy) is 1. The fourth-order valence-electron chi connectivity index (χ4n) is 1.83. The number of sulfonamides is 1. The average molecular weight is 274 g/mol. The molecule has 2 heterocycles. The van der Waals surface area contributed by atoms with E-state index in [1.165, 1.54) is 21.4 Å². The van der Waals surface area contributed by atoms with E-state index < -0.39 is 10.0 Å². The Kier molecular flexibility index (Phi) is 4.00. The van der Waals surface area contributed by atoms with Crippen LogP contribution >= 0.6 is 0 Å². The highest BCUT2D eigenvalue weighted by molar-refractivity contribution is 7.89. The van der Waals surface area contributed by atoms with Crippen LogP contribution in [0, 0.1) is 0 Å². The van der Waals surface area contributed by atoms with Gasteiger partial charge in [-0.2, -0.15) is 9.40 Å². The van der Waals surface area contributed by atoms with E-state index in [0.29, 0.717) is 19.7 Å². The Hall–Kier alpha value is -0.960. The lowest BCUT2D eigenvalue weighted by atomic mass is 10.3. The first-order chi connectivity index (χ1) is 8.50. The Balaban J connectivity index is 2.05. The van der Waals surface area contributed by atoms with Gasteiger partial charge in [-0.15, -0.1) is 0 Å². The maximum absolute atomic E-state index is 12.2. The fourth-order valence-corrected chi connectivity index (χ4v) is 3.02. The van der Waals surface area contributed by atoms with Gasteiger partial charge in [-0.05, 0) is 0 Å². The van der Waals surface area contributed by atoms with Crippen molar-refractivity contribution in [2.24, 2.45) is 7.05 Å². The second kappa shape index (κ2) is 5.35. The van der Waals surface area contributed by atoms with Crippen LogP contribution in [0.4, 0.5) is 0 Å². The highest BCUT2D eigenvalue weighted by Gasteiger charge is 2.26. The van der Waals surface area contributed by atoms with Gasteiger partial charge < -0.3 is 10.1 Å². The summed E-state index contributed by atoms with van der Waals surface area (Å²) in [6.07, 6.45) is 2.74. The van der Waals surface area contributed by atoms with Crippen LogP contribution in [0.5, 0.6) is 0 Å². The molecule has 0 aliphatic carbocycles. The van der Waals surface area contributed by atoms with Crippen molar-refractivity contribution in [3.63, 3.8) is 0 Å². The summed E-state index contributed by atoms with van der Waals surface area (Å²) in [5.41, 5.74) is 0. The number of hydrogen-bond donors (Lipinski definition) is 1. The summed E-state index contributed by atoms with van der Waals surface area (Å²) in [6, 6.07) is 0. The smallest absolute Gasteiger partial charge is 0.246 e. The number of hydrogen-bond acceptors (Lipinski definition) is 5. The van der Waals surface area contributed by atoms with Crippen LogP contribution < -0.4 is 5.32 Å². The molecule has 18 heavy (non-hydrogen) atoms. The van der Waals surface area contributed by atoms with E-state index in [2.05, 4.69) is 10.4 Å². The van der Waals surface area contributed by atoms with Crippen LogP contribution in [0.3, 0.4) is 0 Å². The molecule has 1 aliphatic rings. The standard InChI is InChI=1S/C10H18N4O3S/c1-13-8-10(6-12-13)18(15,16)14(2)7-9-5-11-3-4-17-9/h6,8-9,11H,3-5,7H2,1-2H3. The summed E-state index contributed by atoms with van der Waals surface area (Å²) in [4.78, 5) is 0.205. The Morgan fingerprint density at radius 1 is 1.67 bits per heavy atom. The van der Waals surface area contributed by atoms with Crippen LogP contribution in [0.1, 0.15) is 0 Å². The topological polar surface area (TPSA) is 76.5 Å². The van der Waals surface area contributed by atoms with Gasteiger partial charge in [0.25, 0.3) is 0 Å². The molecular weight excluding hydrogens is 256 g/mol. The Morgan fingerprint density at radius 2 is 2.44 bits per heavy atom. The monoisotopic (exact) mass is 274 g/mol. The van der Waals surface area contributed by atoms with E-state index in [4.69, 9.17) is 4.74 Å². The molecule has 0 radical (unpaired) electrons. The van der Waals surface area contributed by atoms with Gasteiger partial charge in [0, 0.05) is 39.9 Å². The van der Waals surface area contributed by atoms with E-state index in [1.807, 2.05) is 0 Å². The quantitative estimate of drug-likeness (QED) is 0.764. The summed E-state index contributed by atoms with van der Waals surface area (Å²) in [5, 5.41) is 7.05.